The van der Waals surface area contributed by atoms with E-state index in [1.807, 2.05) is 37.3 Å². The molecule has 1 aromatic rings. The third-order valence-electron chi connectivity index (χ3n) is 3.61. The van der Waals surface area contributed by atoms with Gasteiger partial charge in [-0.15, -0.1) is 0 Å². The normalized spacial score (nSPS) is 18.1. The van der Waals surface area contributed by atoms with Gasteiger partial charge in [0, 0.05) is 5.03 Å². The maximum absolute atomic E-state index is 12.6. The third kappa shape index (κ3) is 5.17. The second-order valence-corrected chi connectivity index (χ2v) is 7.58. The Morgan fingerprint density at radius 2 is 2.08 bits per heavy atom. The van der Waals surface area contributed by atoms with Gasteiger partial charge in [-0.1, -0.05) is 85.7 Å². The summed E-state index contributed by atoms with van der Waals surface area (Å²) < 4.78 is 0.214. The van der Waals surface area contributed by atoms with Crippen LogP contribution in [0.25, 0.3) is 6.08 Å². The summed E-state index contributed by atoms with van der Waals surface area (Å²) >= 11 is 12.5. The molecule has 25 heavy (non-hydrogen) atoms. The Balaban J connectivity index is 2.22. The Hall–Kier alpha value is -1.63. The number of aliphatic carboxylic acids is 1. The van der Waals surface area contributed by atoms with Gasteiger partial charge in [0.25, 0.3) is 5.91 Å². The molecule has 2 rings (SSSR count). The number of halogens is 1. The number of benzene rings is 1. The number of hydrogen-bond acceptors (Lipinski definition) is 5. The van der Waals surface area contributed by atoms with Gasteiger partial charge in [0.2, 0.25) is 0 Å². The molecule has 1 heterocycles. The van der Waals surface area contributed by atoms with Crippen molar-refractivity contribution >= 4 is 57.9 Å². The van der Waals surface area contributed by atoms with Gasteiger partial charge < -0.3 is 9.90 Å². The first-order valence-electron chi connectivity index (χ1n) is 7.84. The Bertz CT molecular complexity index is 731. The molecule has 0 unspecified atom stereocenters. The van der Waals surface area contributed by atoms with E-state index in [0.717, 1.165) is 28.6 Å². The monoisotopic (exact) mass is 394 g/mol. The van der Waals surface area contributed by atoms with Gasteiger partial charge in [-0.3, -0.25) is 9.69 Å². The lowest BCUT2D eigenvalue weighted by Gasteiger charge is -2.27. The average molecular weight is 395 g/mol. The number of nitrogens with zero attached hydrogens (tertiary/aromatic N) is 1. The van der Waals surface area contributed by atoms with Crippen molar-refractivity contribution in [3.8, 4) is 0 Å². The van der Waals surface area contributed by atoms with E-state index >= 15 is 0 Å². The van der Waals surface area contributed by atoms with Crippen molar-refractivity contribution in [2.24, 2.45) is 0 Å². The lowest BCUT2D eigenvalue weighted by atomic mass is 10.1. The molecular formula is C18H17ClNO3S2-. The molecule has 1 fully saturated rings. The molecule has 0 N–H and O–H groups in total. The van der Waals surface area contributed by atoms with Crippen LogP contribution in [-0.2, 0) is 9.59 Å². The van der Waals surface area contributed by atoms with Crippen LogP contribution in [0.3, 0.4) is 0 Å². The summed E-state index contributed by atoms with van der Waals surface area (Å²) in [7, 11) is 0. The first kappa shape index (κ1) is 19.7. The van der Waals surface area contributed by atoms with Gasteiger partial charge in [0.05, 0.1) is 16.9 Å². The van der Waals surface area contributed by atoms with Crippen molar-refractivity contribution in [1.82, 2.24) is 4.90 Å². The molecule has 1 atom stereocenters. The summed E-state index contributed by atoms with van der Waals surface area (Å²) in [6, 6.07) is 8.39. The maximum atomic E-state index is 12.6. The number of carboxylic acids is 1. The minimum atomic E-state index is -1.29. The van der Waals surface area contributed by atoms with Crippen LogP contribution < -0.4 is 5.11 Å². The lowest BCUT2D eigenvalue weighted by Crippen LogP contribution is -2.49. The fourth-order valence-corrected chi connectivity index (χ4v) is 4.02. The van der Waals surface area contributed by atoms with Gasteiger partial charge >= 0.3 is 0 Å². The Labute approximate surface area is 161 Å². The smallest absolute Gasteiger partial charge is 0.266 e. The number of allylic oxidation sites excluding steroid dienone is 2. The van der Waals surface area contributed by atoms with Crippen LogP contribution in [0, 0.1) is 0 Å². The highest BCUT2D eigenvalue weighted by Crippen LogP contribution is 2.35. The van der Waals surface area contributed by atoms with Gasteiger partial charge in [0.1, 0.15) is 4.32 Å². The Morgan fingerprint density at radius 1 is 1.40 bits per heavy atom. The molecule has 1 aliphatic rings. The van der Waals surface area contributed by atoms with Crippen LogP contribution in [0.4, 0.5) is 0 Å². The SMILES string of the molecule is CCCC[C@H](C(=O)[O-])N1C(=O)/C(=C/C(Cl)=C/c2ccccc2)SC1=S. The van der Waals surface area contributed by atoms with Crippen LogP contribution in [0.5, 0.6) is 0 Å². The number of thiocarbonyl (C=S) groups is 1. The summed E-state index contributed by atoms with van der Waals surface area (Å²) in [4.78, 5) is 25.4. The molecule has 0 saturated carbocycles. The van der Waals surface area contributed by atoms with Crippen LogP contribution in [0.1, 0.15) is 31.7 Å². The second kappa shape index (κ2) is 9.17. The van der Waals surface area contributed by atoms with E-state index in [2.05, 4.69) is 0 Å². The average Bonchev–Trinajstić information content (AvgIpc) is 2.83. The van der Waals surface area contributed by atoms with Crippen LogP contribution in [-0.4, -0.2) is 27.1 Å². The standard InChI is InChI=1S/C18H18ClNO3S2/c1-2-3-9-14(17(22)23)20-16(21)15(25-18(20)24)11-13(19)10-12-7-5-4-6-8-12/h4-8,10-11,14H,2-3,9H2,1H3,(H,22,23)/p-1/b13-10-,15-11-/t14-/m1/s1. The van der Waals surface area contributed by atoms with Gasteiger partial charge in [-0.2, -0.15) is 0 Å². The largest absolute Gasteiger partial charge is 0.548 e. The van der Waals surface area contributed by atoms with Crippen LogP contribution in [0.2, 0.25) is 0 Å². The van der Waals surface area contributed by atoms with Crippen LogP contribution >= 0.6 is 35.6 Å². The van der Waals surface area contributed by atoms with E-state index in [1.54, 1.807) is 6.08 Å². The van der Waals surface area contributed by atoms with Gasteiger partial charge in [-0.05, 0) is 24.1 Å². The number of unbranched alkanes of at least 4 members (excludes halogenated alkanes) is 1. The molecule has 0 aliphatic carbocycles. The van der Waals surface area contributed by atoms with E-state index in [1.165, 1.54) is 6.08 Å². The minimum Gasteiger partial charge on any atom is -0.548 e. The lowest BCUT2D eigenvalue weighted by molar-refractivity contribution is -0.310. The highest BCUT2D eigenvalue weighted by Gasteiger charge is 2.37. The van der Waals surface area contributed by atoms with E-state index in [-0.39, 0.29) is 4.32 Å². The second-order valence-electron chi connectivity index (χ2n) is 5.47. The van der Waals surface area contributed by atoms with Gasteiger partial charge in [-0.25, -0.2) is 0 Å². The number of carbonyl (C=O) groups excluding carboxylic acids is 2. The van der Waals surface area contributed by atoms with Crippen molar-refractivity contribution < 1.29 is 14.7 Å². The molecule has 1 aromatic carbocycles. The first-order valence-corrected chi connectivity index (χ1v) is 9.44. The van der Waals surface area contributed by atoms with Crippen molar-refractivity contribution in [2.45, 2.75) is 32.2 Å². The molecule has 0 aromatic heterocycles. The molecule has 7 heteroatoms. The molecule has 1 amide bonds. The fourth-order valence-electron chi connectivity index (χ4n) is 2.37. The molecule has 1 aliphatic heterocycles. The summed E-state index contributed by atoms with van der Waals surface area (Å²) in [5, 5.41) is 11.8. The van der Waals surface area contributed by atoms with Crippen molar-refractivity contribution in [3.05, 3.63) is 51.9 Å². The number of thioether (sulfide) groups is 1. The Kier molecular flexibility index (Phi) is 7.23. The van der Waals surface area contributed by atoms with E-state index < -0.39 is 17.9 Å². The number of hydrogen-bond donors (Lipinski definition) is 0. The predicted octanol–water partition coefficient (Wildman–Crippen LogP) is 3.32. The molecule has 0 bridgehead atoms. The van der Waals surface area contributed by atoms with E-state index in [0.29, 0.717) is 22.8 Å². The molecule has 0 spiro atoms. The van der Waals surface area contributed by atoms with E-state index in [4.69, 9.17) is 23.8 Å². The number of rotatable bonds is 7. The van der Waals surface area contributed by atoms with Crippen molar-refractivity contribution in [2.75, 3.05) is 0 Å². The summed E-state index contributed by atoms with van der Waals surface area (Å²) in [5.41, 5.74) is 0.898. The highest BCUT2D eigenvalue weighted by atomic mass is 35.5. The third-order valence-corrected chi connectivity index (χ3v) is 5.16. The highest BCUT2D eigenvalue weighted by molar-refractivity contribution is 8.26. The topological polar surface area (TPSA) is 60.4 Å². The summed E-state index contributed by atoms with van der Waals surface area (Å²) in [5.74, 6) is -1.74. The fraction of sp³-hybridized carbons (Fsp3) is 0.278. The quantitative estimate of drug-likeness (QED) is 0.524. The van der Waals surface area contributed by atoms with E-state index in [9.17, 15) is 14.7 Å². The molecular weight excluding hydrogens is 378 g/mol. The maximum Gasteiger partial charge on any atom is 0.266 e. The van der Waals surface area contributed by atoms with Crippen LogP contribution in [0.15, 0.2) is 46.3 Å². The van der Waals surface area contributed by atoms with Crippen molar-refractivity contribution in [1.29, 1.82) is 0 Å². The number of carbonyl (C=O) groups is 2. The number of amides is 1. The Morgan fingerprint density at radius 3 is 2.68 bits per heavy atom. The summed E-state index contributed by atoms with van der Waals surface area (Å²) in [6.07, 6.45) is 5.04. The zero-order valence-electron chi connectivity index (χ0n) is 13.6. The molecule has 4 nitrogen and oxygen atoms in total. The first-order chi connectivity index (χ1) is 11.9. The van der Waals surface area contributed by atoms with Gasteiger partial charge in [0.15, 0.2) is 0 Å². The number of carboxylic acid groups (broad SMARTS) is 1. The van der Waals surface area contributed by atoms with Crippen molar-refractivity contribution in [3.63, 3.8) is 0 Å². The zero-order valence-corrected chi connectivity index (χ0v) is 16.0. The predicted molar refractivity (Wildman–Crippen MR) is 104 cm³/mol. The molecule has 0 radical (unpaired) electrons. The molecule has 1 saturated heterocycles. The summed E-state index contributed by atoms with van der Waals surface area (Å²) in [6.45, 7) is 1.95. The molecule has 132 valence electrons. The minimum absolute atomic E-state index is 0.214. The zero-order chi connectivity index (χ0) is 18.4.